The molecule has 1 aromatic rings. The molecular weight excluding hydrogens is 160 g/mol. The molecule has 0 saturated carbocycles. The van der Waals surface area contributed by atoms with E-state index in [0.717, 1.165) is 25.1 Å². The summed E-state index contributed by atoms with van der Waals surface area (Å²) in [6.07, 6.45) is 2.23. The van der Waals surface area contributed by atoms with Crippen LogP contribution in [0.3, 0.4) is 0 Å². The topological polar surface area (TPSA) is 38.0 Å². The van der Waals surface area contributed by atoms with Crippen molar-refractivity contribution in [3.8, 4) is 0 Å². The van der Waals surface area contributed by atoms with Gasteiger partial charge in [0.05, 0.1) is 0 Å². The Morgan fingerprint density at radius 3 is 2.62 bits per heavy atom. The van der Waals surface area contributed by atoms with Gasteiger partial charge < -0.3 is 11.1 Å². The lowest BCUT2D eigenvalue weighted by atomic mass is 10.2. The minimum absolute atomic E-state index is 0.269. The fourth-order valence-electron chi connectivity index (χ4n) is 1.28. The molecule has 0 amide bonds. The normalized spacial score (nSPS) is 12.5. The summed E-state index contributed by atoms with van der Waals surface area (Å²) in [5.41, 5.74) is 7.02. The van der Waals surface area contributed by atoms with Gasteiger partial charge in [0, 0.05) is 18.3 Å². The maximum Gasteiger partial charge on any atom is 0.0340 e. The Bertz CT molecular complexity index is 221. The van der Waals surface area contributed by atoms with Gasteiger partial charge in [0.1, 0.15) is 0 Å². The van der Waals surface area contributed by atoms with E-state index in [1.54, 1.807) is 0 Å². The molecule has 1 atom stereocenters. The number of anilines is 1. The van der Waals surface area contributed by atoms with Crippen molar-refractivity contribution in [3.63, 3.8) is 0 Å². The Hall–Kier alpha value is -1.02. The summed E-state index contributed by atoms with van der Waals surface area (Å²) in [6.45, 7) is 3.01. The van der Waals surface area contributed by atoms with Crippen molar-refractivity contribution < 1.29 is 0 Å². The van der Waals surface area contributed by atoms with Crippen molar-refractivity contribution >= 4 is 5.69 Å². The summed E-state index contributed by atoms with van der Waals surface area (Å²) in [5.74, 6) is 0. The van der Waals surface area contributed by atoms with Crippen LogP contribution in [0.5, 0.6) is 0 Å². The Morgan fingerprint density at radius 2 is 2.00 bits per heavy atom. The van der Waals surface area contributed by atoms with E-state index in [9.17, 15) is 0 Å². The highest BCUT2D eigenvalue weighted by Gasteiger charge is 1.99. The van der Waals surface area contributed by atoms with E-state index in [-0.39, 0.29) is 6.04 Å². The lowest BCUT2D eigenvalue weighted by molar-refractivity contribution is 0.627. The van der Waals surface area contributed by atoms with Crippen molar-refractivity contribution in [1.29, 1.82) is 0 Å². The van der Waals surface area contributed by atoms with Crippen LogP contribution in [0, 0.1) is 0 Å². The highest BCUT2D eigenvalue weighted by atomic mass is 14.9. The van der Waals surface area contributed by atoms with Crippen LogP contribution >= 0.6 is 0 Å². The van der Waals surface area contributed by atoms with Crippen LogP contribution in [-0.2, 0) is 0 Å². The molecule has 1 rings (SSSR count). The van der Waals surface area contributed by atoms with E-state index in [1.165, 1.54) is 0 Å². The number of nitrogens with two attached hydrogens (primary N) is 1. The van der Waals surface area contributed by atoms with Gasteiger partial charge in [-0.15, -0.1) is 0 Å². The zero-order valence-corrected chi connectivity index (χ0v) is 8.16. The first-order valence-electron chi connectivity index (χ1n) is 4.87. The van der Waals surface area contributed by atoms with Gasteiger partial charge in [-0.25, -0.2) is 0 Å². The zero-order chi connectivity index (χ0) is 9.52. The molecular formula is C11H18N2. The van der Waals surface area contributed by atoms with E-state index in [2.05, 4.69) is 24.4 Å². The van der Waals surface area contributed by atoms with Crippen molar-refractivity contribution in [2.24, 2.45) is 5.73 Å². The molecule has 0 spiro atoms. The van der Waals surface area contributed by atoms with Gasteiger partial charge in [-0.05, 0) is 18.6 Å². The molecule has 0 bridgehead atoms. The van der Waals surface area contributed by atoms with E-state index in [1.807, 2.05) is 18.2 Å². The van der Waals surface area contributed by atoms with Gasteiger partial charge in [0.25, 0.3) is 0 Å². The zero-order valence-electron chi connectivity index (χ0n) is 8.16. The molecule has 0 saturated heterocycles. The Balaban J connectivity index is 2.27. The number of hydrogen-bond acceptors (Lipinski definition) is 2. The number of benzene rings is 1. The first-order valence-corrected chi connectivity index (χ1v) is 4.87. The summed E-state index contributed by atoms with van der Waals surface area (Å²) in [5, 5.41) is 3.30. The van der Waals surface area contributed by atoms with E-state index < -0.39 is 0 Å². The Kier molecular flexibility index (Phi) is 4.33. The van der Waals surface area contributed by atoms with Crippen molar-refractivity contribution in [1.82, 2.24) is 0 Å². The van der Waals surface area contributed by atoms with Gasteiger partial charge >= 0.3 is 0 Å². The third kappa shape index (κ3) is 3.95. The fraction of sp³-hybridized carbons (Fsp3) is 0.455. The standard InChI is InChI=1S/C11H18N2/c1-2-6-10(12)9-13-11-7-4-3-5-8-11/h3-5,7-8,10,13H,2,6,9,12H2,1H3. The van der Waals surface area contributed by atoms with Gasteiger partial charge in [-0.3, -0.25) is 0 Å². The quantitative estimate of drug-likeness (QED) is 0.725. The third-order valence-corrected chi connectivity index (χ3v) is 2.00. The highest BCUT2D eigenvalue weighted by Crippen LogP contribution is 2.05. The molecule has 1 unspecified atom stereocenters. The van der Waals surface area contributed by atoms with Crippen LogP contribution in [0.1, 0.15) is 19.8 Å². The Morgan fingerprint density at radius 1 is 1.31 bits per heavy atom. The maximum absolute atomic E-state index is 5.87. The molecule has 0 heterocycles. The highest BCUT2D eigenvalue weighted by molar-refractivity contribution is 5.42. The summed E-state index contributed by atoms with van der Waals surface area (Å²) >= 11 is 0. The molecule has 0 fully saturated rings. The van der Waals surface area contributed by atoms with Crippen molar-refractivity contribution in [2.75, 3.05) is 11.9 Å². The smallest absolute Gasteiger partial charge is 0.0340 e. The molecule has 0 aromatic heterocycles. The molecule has 0 radical (unpaired) electrons. The van der Waals surface area contributed by atoms with Gasteiger partial charge in [0.2, 0.25) is 0 Å². The molecule has 2 nitrogen and oxygen atoms in total. The van der Waals surface area contributed by atoms with Gasteiger partial charge in [0.15, 0.2) is 0 Å². The van der Waals surface area contributed by atoms with Crippen molar-refractivity contribution in [2.45, 2.75) is 25.8 Å². The average Bonchev–Trinajstić information content (AvgIpc) is 2.17. The van der Waals surface area contributed by atoms with E-state index >= 15 is 0 Å². The maximum atomic E-state index is 5.87. The van der Waals surface area contributed by atoms with Crippen LogP contribution in [0.15, 0.2) is 30.3 Å². The fourth-order valence-corrected chi connectivity index (χ4v) is 1.28. The van der Waals surface area contributed by atoms with E-state index in [4.69, 9.17) is 5.73 Å². The van der Waals surface area contributed by atoms with Crippen LogP contribution in [0.25, 0.3) is 0 Å². The van der Waals surface area contributed by atoms with Crippen LogP contribution in [0.4, 0.5) is 5.69 Å². The number of para-hydroxylation sites is 1. The van der Waals surface area contributed by atoms with Gasteiger partial charge in [-0.1, -0.05) is 31.5 Å². The number of rotatable bonds is 5. The van der Waals surface area contributed by atoms with Crippen molar-refractivity contribution in [3.05, 3.63) is 30.3 Å². The van der Waals surface area contributed by atoms with Gasteiger partial charge in [-0.2, -0.15) is 0 Å². The minimum atomic E-state index is 0.269. The summed E-state index contributed by atoms with van der Waals surface area (Å²) in [7, 11) is 0. The summed E-state index contributed by atoms with van der Waals surface area (Å²) in [6, 6.07) is 10.4. The number of nitrogens with one attached hydrogen (secondary N) is 1. The SMILES string of the molecule is CCCC(N)CNc1ccccc1. The number of hydrogen-bond donors (Lipinski definition) is 2. The van der Waals surface area contributed by atoms with Crippen LogP contribution in [0.2, 0.25) is 0 Å². The van der Waals surface area contributed by atoms with Crippen LogP contribution < -0.4 is 11.1 Å². The molecule has 2 heteroatoms. The summed E-state index contributed by atoms with van der Waals surface area (Å²) < 4.78 is 0. The molecule has 72 valence electrons. The monoisotopic (exact) mass is 178 g/mol. The first-order chi connectivity index (χ1) is 6.33. The average molecular weight is 178 g/mol. The third-order valence-electron chi connectivity index (χ3n) is 2.00. The Labute approximate surface area is 80.1 Å². The lowest BCUT2D eigenvalue weighted by Gasteiger charge is -2.12. The lowest BCUT2D eigenvalue weighted by Crippen LogP contribution is -2.28. The predicted molar refractivity (Wildman–Crippen MR) is 57.8 cm³/mol. The van der Waals surface area contributed by atoms with Crippen LogP contribution in [-0.4, -0.2) is 12.6 Å². The predicted octanol–water partition coefficient (Wildman–Crippen LogP) is 2.23. The molecule has 0 aliphatic heterocycles. The molecule has 13 heavy (non-hydrogen) atoms. The second-order valence-electron chi connectivity index (χ2n) is 3.30. The summed E-state index contributed by atoms with van der Waals surface area (Å²) in [4.78, 5) is 0. The second-order valence-corrected chi connectivity index (χ2v) is 3.30. The molecule has 0 aliphatic rings. The molecule has 1 aromatic carbocycles. The molecule has 3 N–H and O–H groups in total. The minimum Gasteiger partial charge on any atom is -0.383 e. The second kappa shape index (κ2) is 5.60. The molecule has 0 aliphatic carbocycles. The van der Waals surface area contributed by atoms with E-state index in [0.29, 0.717) is 0 Å². The largest absolute Gasteiger partial charge is 0.383 e. The first kappa shape index (κ1) is 10.1.